The molecule has 0 spiro atoms. The highest BCUT2D eigenvalue weighted by molar-refractivity contribution is 5.06. The average molecular weight is 293 g/mol. The van der Waals surface area contributed by atoms with E-state index < -0.39 is 0 Å². The summed E-state index contributed by atoms with van der Waals surface area (Å²) in [7, 11) is 1.99. The predicted octanol–water partition coefficient (Wildman–Crippen LogP) is -0.166. The van der Waals surface area contributed by atoms with Crippen LogP contribution in [-0.4, -0.2) is 79.0 Å². The molecule has 3 unspecified atom stereocenters. The predicted molar refractivity (Wildman–Crippen MR) is 76.1 cm³/mol. The van der Waals surface area contributed by atoms with Crippen molar-refractivity contribution in [1.82, 2.24) is 25.3 Å². The van der Waals surface area contributed by atoms with Crippen LogP contribution in [-0.2, 0) is 4.74 Å². The summed E-state index contributed by atoms with van der Waals surface area (Å²) >= 11 is 0. The van der Waals surface area contributed by atoms with Gasteiger partial charge in [0.2, 0.25) is 5.89 Å². The van der Waals surface area contributed by atoms with Gasteiger partial charge >= 0.3 is 0 Å². The third-order valence-electron chi connectivity index (χ3n) is 5.08. The maximum Gasteiger partial charge on any atom is 0.233 e. The number of fused-ring (bicyclic) bond motifs is 3. The Labute approximate surface area is 124 Å². The molecule has 4 saturated heterocycles. The monoisotopic (exact) mass is 293 g/mol. The molecule has 2 bridgehead atoms. The number of nitrogens with zero attached hydrogens (tertiary/aromatic N) is 4. The van der Waals surface area contributed by atoms with Crippen molar-refractivity contribution >= 4 is 0 Å². The molecule has 1 aromatic rings. The van der Waals surface area contributed by atoms with Gasteiger partial charge in [-0.25, -0.2) is 0 Å². The number of piperazine rings is 3. The van der Waals surface area contributed by atoms with E-state index >= 15 is 0 Å². The first-order valence-electron chi connectivity index (χ1n) is 7.90. The highest BCUT2D eigenvalue weighted by Crippen LogP contribution is 2.30. The van der Waals surface area contributed by atoms with Crippen LogP contribution in [0.1, 0.15) is 30.1 Å². The summed E-state index contributed by atoms with van der Waals surface area (Å²) in [6.07, 6.45) is 0.988. The molecule has 0 saturated carbocycles. The Kier molecular flexibility index (Phi) is 3.66. The SMILES string of the molecule is CNC1CCOCC1c1nc(C2CN3CCN2CC3)no1. The average Bonchev–Trinajstić information content (AvgIpc) is 3.05. The largest absolute Gasteiger partial charge is 0.381 e. The van der Waals surface area contributed by atoms with Crippen LogP contribution in [0.4, 0.5) is 0 Å². The lowest BCUT2D eigenvalue weighted by Gasteiger charge is -2.46. The van der Waals surface area contributed by atoms with E-state index in [9.17, 15) is 0 Å². The van der Waals surface area contributed by atoms with Gasteiger partial charge in [0.1, 0.15) is 0 Å². The third-order valence-corrected chi connectivity index (χ3v) is 5.08. The van der Waals surface area contributed by atoms with E-state index in [0.717, 1.165) is 44.4 Å². The molecule has 3 atom stereocenters. The van der Waals surface area contributed by atoms with Crippen LogP contribution in [0.25, 0.3) is 0 Å². The summed E-state index contributed by atoms with van der Waals surface area (Å²) in [6.45, 7) is 7.04. The van der Waals surface area contributed by atoms with Crippen molar-refractivity contribution in [2.75, 3.05) is 53.0 Å². The number of hydrogen-bond acceptors (Lipinski definition) is 7. The van der Waals surface area contributed by atoms with E-state index in [1.807, 2.05) is 7.05 Å². The number of hydrogen-bond donors (Lipinski definition) is 1. The molecule has 4 fully saturated rings. The van der Waals surface area contributed by atoms with Gasteiger partial charge in [0.15, 0.2) is 5.82 Å². The molecule has 0 radical (unpaired) electrons. The maximum atomic E-state index is 5.59. The van der Waals surface area contributed by atoms with E-state index in [1.165, 1.54) is 13.1 Å². The molecule has 1 N–H and O–H groups in total. The first kappa shape index (κ1) is 13.6. The zero-order valence-corrected chi connectivity index (χ0v) is 12.5. The molecule has 4 aliphatic rings. The second-order valence-corrected chi connectivity index (χ2v) is 6.21. The summed E-state index contributed by atoms with van der Waals surface area (Å²) in [5, 5.41) is 7.61. The number of likely N-dealkylation sites (N-methyl/N-ethyl adjacent to an activating group) is 1. The molecule has 0 amide bonds. The van der Waals surface area contributed by atoms with Crippen molar-refractivity contribution < 1.29 is 9.26 Å². The van der Waals surface area contributed by atoms with E-state index in [4.69, 9.17) is 14.2 Å². The molecule has 5 rings (SSSR count). The molecule has 7 heteroatoms. The van der Waals surface area contributed by atoms with Gasteiger partial charge in [-0.3, -0.25) is 9.80 Å². The fraction of sp³-hybridized carbons (Fsp3) is 0.857. The van der Waals surface area contributed by atoms with Gasteiger partial charge in [-0.1, -0.05) is 5.16 Å². The van der Waals surface area contributed by atoms with E-state index in [-0.39, 0.29) is 5.92 Å². The fourth-order valence-electron chi connectivity index (χ4n) is 3.72. The summed E-state index contributed by atoms with van der Waals surface area (Å²) < 4.78 is 11.2. The molecule has 0 aromatic carbocycles. The first-order chi connectivity index (χ1) is 10.3. The minimum Gasteiger partial charge on any atom is -0.381 e. The van der Waals surface area contributed by atoms with Gasteiger partial charge in [0, 0.05) is 45.4 Å². The Morgan fingerprint density at radius 3 is 2.81 bits per heavy atom. The molecule has 7 nitrogen and oxygen atoms in total. The second-order valence-electron chi connectivity index (χ2n) is 6.21. The highest BCUT2D eigenvalue weighted by Gasteiger charge is 2.37. The number of aromatic nitrogens is 2. The Morgan fingerprint density at radius 1 is 1.24 bits per heavy atom. The van der Waals surface area contributed by atoms with Gasteiger partial charge < -0.3 is 14.6 Å². The third kappa shape index (κ3) is 2.48. The lowest BCUT2D eigenvalue weighted by atomic mass is 9.96. The second kappa shape index (κ2) is 5.64. The molecule has 4 aliphatic heterocycles. The summed E-state index contributed by atoms with van der Waals surface area (Å²) in [4.78, 5) is 9.67. The van der Waals surface area contributed by atoms with Gasteiger partial charge in [-0.05, 0) is 13.5 Å². The molecular weight excluding hydrogens is 270 g/mol. The van der Waals surface area contributed by atoms with Crippen molar-refractivity contribution in [1.29, 1.82) is 0 Å². The van der Waals surface area contributed by atoms with Crippen LogP contribution in [0.3, 0.4) is 0 Å². The van der Waals surface area contributed by atoms with Crippen LogP contribution in [0.2, 0.25) is 0 Å². The summed E-state index contributed by atoms with van der Waals surface area (Å²) in [6, 6.07) is 0.654. The molecular formula is C14H23N5O2. The van der Waals surface area contributed by atoms with Crippen LogP contribution < -0.4 is 5.32 Å². The molecule has 116 valence electrons. The first-order valence-corrected chi connectivity index (χ1v) is 7.90. The van der Waals surface area contributed by atoms with Crippen LogP contribution >= 0.6 is 0 Å². The van der Waals surface area contributed by atoms with Gasteiger partial charge in [-0.15, -0.1) is 0 Å². The van der Waals surface area contributed by atoms with E-state index in [0.29, 0.717) is 18.7 Å². The molecule has 0 aliphatic carbocycles. The minimum atomic E-state index is 0.168. The van der Waals surface area contributed by atoms with Gasteiger partial charge in [0.05, 0.1) is 18.6 Å². The van der Waals surface area contributed by atoms with Crippen LogP contribution in [0, 0.1) is 0 Å². The topological polar surface area (TPSA) is 66.7 Å². The minimum absolute atomic E-state index is 0.168. The zero-order valence-electron chi connectivity index (χ0n) is 12.5. The lowest BCUT2D eigenvalue weighted by molar-refractivity contribution is 0.00780. The van der Waals surface area contributed by atoms with Crippen molar-refractivity contribution in [3.05, 3.63) is 11.7 Å². The van der Waals surface area contributed by atoms with Crippen molar-refractivity contribution in [2.24, 2.45) is 0 Å². The molecule has 21 heavy (non-hydrogen) atoms. The summed E-state index contributed by atoms with van der Waals surface area (Å²) in [5.74, 6) is 1.73. The fourth-order valence-corrected chi connectivity index (χ4v) is 3.72. The van der Waals surface area contributed by atoms with Crippen molar-refractivity contribution in [2.45, 2.75) is 24.4 Å². The van der Waals surface area contributed by atoms with Crippen molar-refractivity contribution in [3.8, 4) is 0 Å². The van der Waals surface area contributed by atoms with E-state index in [2.05, 4.69) is 20.3 Å². The van der Waals surface area contributed by atoms with Crippen LogP contribution in [0.15, 0.2) is 4.52 Å². The van der Waals surface area contributed by atoms with Gasteiger partial charge in [0.25, 0.3) is 0 Å². The van der Waals surface area contributed by atoms with Crippen LogP contribution in [0.5, 0.6) is 0 Å². The smallest absolute Gasteiger partial charge is 0.233 e. The maximum absolute atomic E-state index is 5.59. The zero-order chi connectivity index (χ0) is 14.2. The van der Waals surface area contributed by atoms with Crippen molar-refractivity contribution in [3.63, 3.8) is 0 Å². The Bertz CT molecular complexity index is 464. The Balaban J connectivity index is 1.52. The standard InChI is InChI=1S/C14H23N5O2/c1-15-11-2-7-20-9-10(11)14-16-13(17-21-14)12-8-18-3-5-19(12)6-4-18/h10-12,15H,2-9H2,1H3. The quantitative estimate of drug-likeness (QED) is 0.830. The summed E-state index contributed by atoms with van der Waals surface area (Å²) in [5.41, 5.74) is 0. The highest BCUT2D eigenvalue weighted by atomic mass is 16.5. The number of nitrogens with one attached hydrogen (secondary N) is 1. The van der Waals surface area contributed by atoms with E-state index in [1.54, 1.807) is 0 Å². The Morgan fingerprint density at radius 2 is 2.10 bits per heavy atom. The molecule has 1 aromatic heterocycles. The lowest BCUT2D eigenvalue weighted by Crippen LogP contribution is -2.57. The Hall–Kier alpha value is -1.02. The van der Waals surface area contributed by atoms with Gasteiger partial charge in [-0.2, -0.15) is 4.98 Å². The number of ether oxygens (including phenoxy) is 1. The molecule has 5 heterocycles. The normalized spacial score (nSPS) is 39.6. The number of rotatable bonds is 3.